The Kier molecular flexibility index (Phi) is 1.91. The van der Waals surface area contributed by atoms with Crippen LogP contribution in [-0.4, -0.2) is 21.7 Å². The number of hydrogen-bond donors (Lipinski definition) is 2. The fourth-order valence-electron chi connectivity index (χ4n) is 2.07. The molecule has 0 unspecified atom stereocenters. The van der Waals surface area contributed by atoms with Gasteiger partial charge in [0.25, 0.3) is 0 Å². The molecule has 1 aromatic carbocycles. The molecule has 2 aromatic rings. The Balaban J connectivity index is 2.15. The van der Waals surface area contributed by atoms with Crippen LogP contribution in [0.1, 0.15) is 12.0 Å². The molecular weight excluding hydrogens is 188 g/mol. The molecule has 3 rings (SSSR count). The molecule has 76 valence electrons. The summed E-state index contributed by atoms with van der Waals surface area (Å²) in [6, 6.07) is 6.26. The number of fused-ring (bicyclic) bond motifs is 1. The van der Waals surface area contributed by atoms with Crippen molar-refractivity contribution in [1.29, 1.82) is 0 Å². The average molecular weight is 200 g/mol. The van der Waals surface area contributed by atoms with Gasteiger partial charge in [-0.1, -0.05) is 12.1 Å². The smallest absolute Gasteiger partial charge is 0.155 e. The molecule has 0 radical (unpaired) electrons. The van der Waals surface area contributed by atoms with Crippen LogP contribution < -0.4 is 5.32 Å². The summed E-state index contributed by atoms with van der Waals surface area (Å²) in [5.41, 5.74) is 3.74. The van der Waals surface area contributed by atoms with Crippen LogP contribution >= 0.6 is 0 Å². The van der Waals surface area contributed by atoms with E-state index >= 15 is 0 Å². The number of aromatic amines is 1. The van der Waals surface area contributed by atoms with Crippen LogP contribution in [0.5, 0.6) is 0 Å². The Morgan fingerprint density at radius 3 is 3.13 bits per heavy atom. The molecule has 0 saturated heterocycles. The van der Waals surface area contributed by atoms with Gasteiger partial charge in [0.1, 0.15) is 6.33 Å². The second kappa shape index (κ2) is 3.38. The maximum Gasteiger partial charge on any atom is 0.155 e. The van der Waals surface area contributed by atoms with Gasteiger partial charge in [0, 0.05) is 17.8 Å². The Morgan fingerprint density at radius 1 is 1.27 bits per heavy atom. The number of aromatic nitrogens is 3. The first-order chi connectivity index (χ1) is 7.45. The summed E-state index contributed by atoms with van der Waals surface area (Å²) < 4.78 is 0. The lowest BCUT2D eigenvalue weighted by atomic mass is 9.97. The molecule has 0 amide bonds. The van der Waals surface area contributed by atoms with Crippen molar-refractivity contribution in [3.63, 3.8) is 0 Å². The summed E-state index contributed by atoms with van der Waals surface area (Å²) in [6.07, 6.45) is 3.84. The second-order valence-electron chi connectivity index (χ2n) is 3.70. The molecule has 1 aromatic heterocycles. The summed E-state index contributed by atoms with van der Waals surface area (Å²) >= 11 is 0. The monoisotopic (exact) mass is 200 g/mol. The van der Waals surface area contributed by atoms with Crippen molar-refractivity contribution in [3.8, 4) is 11.4 Å². The Morgan fingerprint density at radius 2 is 2.27 bits per heavy atom. The van der Waals surface area contributed by atoms with Gasteiger partial charge in [0.15, 0.2) is 5.82 Å². The van der Waals surface area contributed by atoms with Gasteiger partial charge < -0.3 is 5.32 Å². The van der Waals surface area contributed by atoms with E-state index in [9.17, 15) is 0 Å². The van der Waals surface area contributed by atoms with Crippen molar-refractivity contribution in [2.75, 3.05) is 11.9 Å². The highest BCUT2D eigenvalue weighted by Crippen LogP contribution is 2.30. The van der Waals surface area contributed by atoms with E-state index in [-0.39, 0.29) is 0 Å². The number of nitrogens with one attached hydrogen (secondary N) is 2. The highest BCUT2D eigenvalue weighted by Gasteiger charge is 2.14. The fraction of sp³-hybridized carbons (Fsp3) is 0.273. The molecule has 2 N–H and O–H groups in total. The molecule has 0 saturated carbocycles. The molecule has 4 heteroatoms. The molecule has 4 nitrogen and oxygen atoms in total. The third-order valence-corrected chi connectivity index (χ3v) is 2.77. The number of anilines is 1. The standard InChI is InChI=1S/C11H12N4/c1-3-9(11-13-7-14-15-11)8-4-2-6-12-10(8)5-1/h1,3,5,7,12H,2,4,6H2,(H,13,14,15). The van der Waals surface area contributed by atoms with Crippen LogP contribution in [0.25, 0.3) is 11.4 Å². The molecule has 0 fully saturated rings. The van der Waals surface area contributed by atoms with Crippen molar-refractivity contribution < 1.29 is 0 Å². The lowest BCUT2D eigenvalue weighted by molar-refractivity contribution is 0.830. The highest BCUT2D eigenvalue weighted by molar-refractivity contribution is 5.70. The van der Waals surface area contributed by atoms with E-state index in [1.54, 1.807) is 6.33 Å². The summed E-state index contributed by atoms with van der Waals surface area (Å²) in [5, 5.41) is 10.2. The van der Waals surface area contributed by atoms with Crippen LogP contribution in [0.15, 0.2) is 24.5 Å². The summed E-state index contributed by atoms with van der Waals surface area (Å²) in [5.74, 6) is 0.857. The maximum atomic E-state index is 4.20. The van der Waals surface area contributed by atoms with E-state index in [0.29, 0.717) is 0 Å². The van der Waals surface area contributed by atoms with Crippen molar-refractivity contribution in [2.24, 2.45) is 0 Å². The molecule has 1 aliphatic rings. The maximum absolute atomic E-state index is 4.20. The number of rotatable bonds is 1. The number of H-pyrrole nitrogens is 1. The normalized spacial score (nSPS) is 14.4. The molecule has 1 aliphatic heterocycles. The third-order valence-electron chi connectivity index (χ3n) is 2.77. The van der Waals surface area contributed by atoms with E-state index in [4.69, 9.17) is 0 Å². The van der Waals surface area contributed by atoms with Crippen molar-refractivity contribution in [3.05, 3.63) is 30.1 Å². The first kappa shape index (κ1) is 8.47. The van der Waals surface area contributed by atoms with E-state index < -0.39 is 0 Å². The molecule has 0 aliphatic carbocycles. The van der Waals surface area contributed by atoms with Gasteiger partial charge in [-0.25, -0.2) is 4.98 Å². The first-order valence-electron chi connectivity index (χ1n) is 5.16. The van der Waals surface area contributed by atoms with Crippen molar-refractivity contribution in [2.45, 2.75) is 12.8 Å². The predicted molar refractivity (Wildman–Crippen MR) is 58.6 cm³/mol. The van der Waals surface area contributed by atoms with Crippen LogP contribution in [-0.2, 0) is 6.42 Å². The van der Waals surface area contributed by atoms with Crippen LogP contribution in [0, 0.1) is 0 Å². The second-order valence-corrected chi connectivity index (χ2v) is 3.70. The fourth-order valence-corrected chi connectivity index (χ4v) is 2.07. The minimum atomic E-state index is 0.857. The van der Waals surface area contributed by atoms with Gasteiger partial charge >= 0.3 is 0 Å². The summed E-state index contributed by atoms with van der Waals surface area (Å²) in [6.45, 7) is 1.06. The minimum Gasteiger partial charge on any atom is -0.385 e. The van der Waals surface area contributed by atoms with Crippen LogP contribution in [0.2, 0.25) is 0 Å². The Labute approximate surface area is 87.7 Å². The molecular formula is C11H12N4. The van der Waals surface area contributed by atoms with Gasteiger partial charge in [0.2, 0.25) is 0 Å². The lowest BCUT2D eigenvalue weighted by Crippen LogP contribution is -2.12. The predicted octanol–water partition coefficient (Wildman–Crippen LogP) is 1.83. The highest BCUT2D eigenvalue weighted by atomic mass is 15.2. The summed E-state index contributed by atoms with van der Waals surface area (Å²) in [7, 11) is 0. The van der Waals surface area contributed by atoms with Gasteiger partial charge in [-0.15, -0.1) is 0 Å². The van der Waals surface area contributed by atoms with Crippen LogP contribution in [0.3, 0.4) is 0 Å². The molecule has 0 atom stereocenters. The quantitative estimate of drug-likeness (QED) is 0.738. The molecule has 0 bridgehead atoms. The zero-order chi connectivity index (χ0) is 10.1. The third kappa shape index (κ3) is 1.38. The van der Waals surface area contributed by atoms with Gasteiger partial charge in [-0.2, -0.15) is 5.10 Å². The molecule has 2 heterocycles. The zero-order valence-electron chi connectivity index (χ0n) is 8.33. The van der Waals surface area contributed by atoms with Gasteiger partial charge in [-0.3, -0.25) is 5.10 Å². The molecule has 0 spiro atoms. The van der Waals surface area contributed by atoms with Crippen molar-refractivity contribution >= 4 is 5.69 Å². The van der Waals surface area contributed by atoms with E-state index in [1.807, 2.05) is 0 Å². The summed E-state index contributed by atoms with van der Waals surface area (Å²) in [4.78, 5) is 4.20. The number of nitrogens with zero attached hydrogens (tertiary/aromatic N) is 2. The molecule has 15 heavy (non-hydrogen) atoms. The zero-order valence-corrected chi connectivity index (χ0v) is 8.33. The number of hydrogen-bond acceptors (Lipinski definition) is 3. The first-order valence-corrected chi connectivity index (χ1v) is 5.16. The Hall–Kier alpha value is -1.84. The van der Waals surface area contributed by atoms with E-state index in [0.717, 1.165) is 24.4 Å². The van der Waals surface area contributed by atoms with Gasteiger partial charge in [0.05, 0.1) is 0 Å². The topological polar surface area (TPSA) is 53.6 Å². The SMILES string of the molecule is c1cc2c(c(-c3ncn[nH]3)c1)CCCN2. The lowest BCUT2D eigenvalue weighted by Gasteiger charge is -2.19. The number of benzene rings is 1. The van der Waals surface area contributed by atoms with Gasteiger partial charge in [-0.05, 0) is 24.5 Å². The Bertz CT molecular complexity index is 461. The average Bonchev–Trinajstić information content (AvgIpc) is 2.82. The van der Waals surface area contributed by atoms with E-state index in [2.05, 4.69) is 38.7 Å². The minimum absolute atomic E-state index is 0.857. The van der Waals surface area contributed by atoms with Crippen molar-refractivity contribution in [1.82, 2.24) is 15.2 Å². The largest absolute Gasteiger partial charge is 0.385 e. The van der Waals surface area contributed by atoms with Crippen LogP contribution in [0.4, 0.5) is 5.69 Å². The van der Waals surface area contributed by atoms with E-state index in [1.165, 1.54) is 17.7 Å².